The van der Waals surface area contributed by atoms with Gasteiger partial charge in [0, 0.05) is 19.2 Å². The monoisotopic (exact) mass is 238 g/mol. The molecule has 2 rings (SSSR count). The van der Waals surface area contributed by atoms with Gasteiger partial charge in [-0.1, -0.05) is 12.8 Å². The molecule has 0 atom stereocenters. The van der Waals surface area contributed by atoms with Crippen molar-refractivity contribution in [1.82, 2.24) is 0 Å². The molecule has 0 unspecified atom stereocenters. The Kier molecular flexibility index (Phi) is 3.56. The molecule has 4 nitrogen and oxygen atoms in total. The number of nitrogens with zero attached hydrogens (tertiary/aromatic N) is 2. The second kappa shape index (κ2) is 5.12. The summed E-state index contributed by atoms with van der Waals surface area (Å²) in [6, 6.07) is 3.88. The Balaban J connectivity index is 2.22. The van der Waals surface area contributed by atoms with Gasteiger partial charge in [-0.3, -0.25) is 10.1 Å². The zero-order valence-electron chi connectivity index (χ0n) is 9.56. The van der Waals surface area contributed by atoms with E-state index in [-0.39, 0.29) is 5.69 Å². The second-order valence-electron chi connectivity index (χ2n) is 4.29. The molecule has 0 bridgehead atoms. The maximum atomic E-state index is 13.8. The van der Waals surface area contributed by atoms with Gasteiger partial charge in [-0.2, -0.15) is 0 Å². The van der Waals surface area contributed by atoms with E-state index in [0.29, 0.717) is 5.69 Å². The van der Waals surface area contributed by atoms with Crippen molar-refractivity contribution in [1.29, 1.82) is 0 Å². The van der Waals surface area contributed by atoms with Crippen LogP contribution in [0.25, 0.3) is 0 Å². The van der Waals surface area contributed by atoms with Gasteiger partial charge in [-0.05, 0) is 18.9 Å². The van der Waals surface area contributed by atoms with E-state index in [2.05, 4.69) is 0 Å². The summed E-state index contributed by atoms with van der Waals surface area (Å²) in [5.74, 6) is -0.499. The Morgan fingerprint density at radius 1 is 1.18 bits per heavy atom. The molecule has 0 N–H and O–H groups in total. The number of anilines is 1. The second-order valence-corrected chi connectivity index (χ2v) is 4.29. The standard InChI is InChI=1S/C12H15FN2O2/c13-11-9-10(15(16)17)5-6-12(11)14-7-3-1-2-4-8-14/h5-6,9H,1-4,7-8H2. The Hall–Kier alpha value is -1.65. The summed E-state index contributed by atoms with van der Waals surface area (Å²) in [7, 11) is 0. The highest BCUT2D eigenvalue weighted by Crippen LogP contribution is 2.26. The van der Waals surface area contributed by atoms with Crippen LogP contribution in [0.5, 0.6) is 0 Å². The van der Waals surface area contributed by atoms with Crippen LogP contribution in [0.2, 0.25) is 0 Å². The van der Waals surface area contributed by atoms with Crippen LogP contribution < -0.4 is 4.90 Å². The summed E-state index contributed by atoms with van der Waals surface area (Å²) >= 11 is 0. The van der Waals surface area contributed by atoms with Crippen LogP contribution >= 0.6 is 0 Å². The van der Waals surface area contributed by atoms with Gasteiger partial charge in [0.1, 0.15) is 0 Å². The molecule has 0 saturated carbocycles. The van der Waals surface area contributed by atoms with E-state index in [9.17, 15) is 14.5 Å². The number of hydrogen-bond donors (Lipinski definition) is 0. The third-order valence-electron chi connectivity index (χ3n) is 3.09. The third-order valence-corrected chi connectivity index (χ3v) is 3.09. The summed E-state index contributed by atoms with van der Waals surface area (Å²) in [4.78, 5) is 11.9. The highest BCUT2D eigenvalue weighted by atomic mass is 19.1. The largest absolute Gasteiger partial charge is 0.369 e. The van der Waals surface area contributed by atoms with Gasteiger partial charge in [0.15, 0.2) is 5.82 Å². The van der Waals surface area contributed by atoms with E-state index in [1.165, 1.54) is 25.0 Å². The molecule has 0 aromatic heterocycles. The minimum absolute atomic E-state index is 0.193. The van der Waals surface area contributed by atoms with Crippen LogP contribution in [0.1, 0.15) is 25.7 Å². The normalized spacial score (nSPS) is 16.6. The van der Waals surface area contributed by atoms with Gasteiger partial charge < -0.3 is 4.90 Å². The Morgan fingerprint density at radius 2 is 1.82 bits per heavy atom. The van der Waals surface area contributed by atoms with Crippen molar-refractivity contribution in [3.05, 3.63) is 34.1 Å². The lowest BCUT2D eigenvalue weighted by Crippen LogP contribution is -2.24. The molecule has 17 heavy (non-hydrogen) atoms. The zero-order valence-corrected chi connectivity index (χ0v) is 9.56. The first-order valence-electron chi connectivity index (χ1n) is 5.87. The number of halogens is 1. The fourth-order valence-electron chi connectivity index (χ4n) is 2.18. The third kappa shape index (κ3) is 2.72. The van der Waals surface area contributed by atoms with E-state index in [0.717, 1.165) is 32.0 Å². The molecule has 0 aliphatic carbocycles. The molecule has 5 heteroatoms. The molecule has 1 fully saturated rings. The van der Waals surface area contributed by atoms with Crippen molar-refractivity contribution in [3.8, 4) is 0 Å². The number of rotatable bonds is 2. The number of nitro groups is 1. The highest BCUT2D eigenvalue weighted by molar-refractivity contribution is 5.52. The molecule has 0 amide bonds. The average molecular weight is 238 g/mol. The summed E-state index contributed by atoms with van der Waals surface area (Å²) < 4.78 is 13.8. The van der Waals surface area contributed by atoms with Crippen molar-refractivity contribution in [2.45, 2.75) is 25.7 Å². The molecule has 1 aromatic carbocycles. The van der Waals surface area contributed by atoms with Gasteiger partial charge in [0.25, 0.3) is 5.69 Å². The van der Waals surface area contributed by atoms with E-state index < -0.39 is 10.7 Å². The summed E-state index contributed by atoms with van der Waals surface area (Å²) in [5.41, 5.74) is 0.290. The molecule has 1 saturated heterocycles. The first-order chi connectivity index (χ1) is 8.18. The van der Waals surface area contributed by atoms with Gasteiger partial charge in [0.2, 0.25) is 0 Å². The van der Waals surface area contributed by atoms with Crippen LogP contribution in [0.15, 0.2) is 18.2 Å². The molecule has 1 aliphatic rings. The lowest BCUT2D eigenvalue weighted by atomic mass is 10.2. The molecule has 1 heterocycles. The molecule has 92 valence electrons. The predicted molar refractivity (Wildman–Crippen MR) is 63.7 cm³/mol. The van der Waals surface area contributed by atoms with Gasteiger partial charge >= 0.3 is 0 Å². The first kappa shape index (κ1) is 11.8. The van der Waals surface area contributed by atoms with Gasteiger partial charge in [-0.25, -0.2) is 4.39 Å². The predicted octanol–water partition coefficient (Wildman–Crippen LogP) is 3.11. The number of benzene rings is 1. The molecule has 0 spiro atoms. The highest BCUT2D eigenvalue weighted by Gasteiger charge is 2.16. The Labute approximate surface area is 99.2 Å². The van der Waals surface area contributed by atoms with Crippen LogP contribution in [0.3, 0.4) is 0 Å². The van der Waals surface area contributed by atoms with E-state index >= 15 is 0 Å². The first-order valence-corrected chi connectivity index (χ1v) is 5.87. The summed E-state index contributed by atoms with van der Waals surface area (Å²) in [6.07, 6.45) is 4.45. The fraction of sp³-hybridized carbons (Fsp3) is 0.500. The van der Waals surface area contributed by atoms with Crippen molar-refractivity contribution < 1.29 is 9.31 Å². The quantitative estimate of drug-likeness (QED) is 0.587. The molecule has 1 aliphatic heterocycles. The van der Waals surface area contributed by atoms with Crippen molar-refractivity contribution in [3.63, 3.8) is 0 Å². The van der Waals surface area contributed by atoms with Crippen LogP contribution in [-0.4, -0.2) is 18.0 Å². The Bertz CT molecular complexity index is 415. The van der Waals surface area contributed by atoms with Crippen LogP contribution in [0, 0.1) is 15.9 Å². The number of hydrogen-bond acceptors (Lipinski definition) is 3. The lowest BCUT2D eigenvalue weighted by Gasteiger charge is -2.22. The van der Waals surface area contributed by atoms with E-state index in [4.69, 9.17) is 0 Å². The maximum Gasteiger partial charge on any atom is 0.272 e. The van der Waals surface area contributed by atoms with Crippen LogP contribution in [-0.2, 0) is 0 Å². The van der Waals surface area contributed by atoms with Gasteiger partial charge in [-0.15, -0.1) is 0 Å². The van der Waals surface area contributed by atoms with E-state index in [1.807, 2.05) is 4.90 Å². The van der Waals surface area contributed by atoms with Crippen molar-refractivity contribution in [2.24, 2.45) is 0 Å². The zero-order chi connectivity index (χ0) is 12.3. The lowest BCUT2D eigenvalue weighted by molar-refractivity contribution is -0.385. The summed E-state index contributed by atoms with van der Waals surface area (Å²) in [5, 5.41) is 10.5. The maximum absolute atomic E-state index is 13.8. The number of non-ortho nitro benzene ring substituents is 1. The number of nitro benzene ring substituents is 1. The van der Waals surface area contributed by atoms with Crippen molar-refractivity contribution >= 4 is 11.4 Å². The van der Waals surface area contributed by atoms with E-state index in [1.54, 1.807) is 0 Å². The minimum atomic E-state index is -0.574. The smallest absolute Gasteiger partial charge is 0.272 e. The molecular formula is C12H15FN2O2. The fourth-order valence-corrected chi connectivity index (χ4v) is 2.18. The van der Waals surface area contributed by atoms with Crippen LogP contribution in [0.4, 0.5) is 15.8 Å². The SMILES string of the molecule is O=[N+]([O-])c1ccc(N2CCCCCC2)c(F)c1. The average Bonchev–Trinajstić information content (AvgIpc) is 2.57. The Morgan fingerprint density at radius 3 is 2.35 bits per heavy atom. The topological polar surface area (TPSA) is 46.4 Å². The summed E-state index contributed by atoms with van der Waals surface area (Å²) in [6.45, 7) is 1.66. The van der Waals surface area contributed by atoms with Gasteiger partial charge in [0.05, 0.1) is 16.7 Å². The molecule has 1 aromatic rings. The van der Waals surface area contributed by atoms with Crippen molar-refractivity contribution in [2.75, 3.05) is 18.0 Å². The molecule has 0 radical (unpaired) electrons. The minimum Gasteiger partial charge on any atom is -0.369 e. The molecular weight excluding hydrogens is 223 g/mol.